The van der Waals surface area contributed by atoms with E-state index in [1.54, 1.807) is 0 Å². The van der Waals surface area contributed by atoms with Gasteiger partial charge in [-0.25, -0.2) is 0 Å². The second kappa shape index (κ2) is 3.42. The van der Waals surface area contributed by atoms with Crippen LogP contribution in [-0.2, 0) is 4.74 Å². The molecule has 1 saturated carbocycles. The van der Waals surface area contributed by atoms with E-state index >= 15 is 0 Å². The summed E-state index contributed by atoms with van der Waals surface area (Å²) in [5, 5.41) is 0. The van der Waals surface area contributed by atoms with E-state index in [9.17, 15) is 4.79 Å². The van der Waals surface area contributed by atoms with Gasteiger partial charge in [0, 0.05) is 16.0 Å². The molecule has 1 saturated heterocycles. The van der Waals surface area contributed by atoms with Gasteiger partial charge in [0.25, 0.3) is 0 Å². The van der Waals surface area contributed by atoms with Crippen LogP contribution in [0.1, 0.15) is 10.4 Å². The lowest BCUT2D eigenvalue weighted by Gasteiger charge is -2.03. The molecule has 2 unspecified atom stereocenters. The van der Waals surface area contributed by atoms with E-state index in [0.717, 1.165) is 23.2 Å². The summed E-state index contributed by atoms with van der Waals surface area (Å²) in [7, 11) is 0. The number of hydrogen-bond donors (Lipinski definition) is 0. The highest BCUT2D eigenvalue weighted by molar-refractivity contribution is 9.10. The average molecular weight is 267 g/mol. The molecule has 78 valence electrons. The molecule has 1 heterocycles. The van der Waals surface area contributed by atoms with Gasteiger partial charge in [0.05, 0.1) is 13.2 Å². The van der Waals surface area contributed by atoms with Gasteiger partial charge in [-0.15, -0.1) is 0 Å². The number of rotatable bonds is 2. The van der Waals surface area contributed by atoms with Crippen LogP contribution in [0.5, 0.6) is 0 Å². The molecular formula is C12H11BrO2. The van der Waals surface area contributed by atoms with E-state index in [1.807, 2.05) is 24.3 Å². The summed E-state index contributed by atoms with van der Waals surface area (Å²) in [6, 6.07) is 7.62. The maximum atomic E-state index is 12.1. The Morgan fingerprint density at radius 2 is 1.80 bits per heavy atom. The van der Waals surface area contributed by atoms with E-state index in [0.29, 0.717) is 17.6 Å². The van der Waals surface area contributed by atoms with Crippen LogP contribution in [0.25, 0.3) is 0 Å². The topological polar surface area (TPSA) is 26.3 Å². The van der Waals surface area contributed by atoms with Crippen molar-refractivity contribution in [3.05, 3.63) is 34.3 Å². The monoisotopic (exact) mass is 266 g/mol. The number of ether oxygens (including phenoxy) is 1. The van der Waals surface area contributed by atoms with E-state index in [4.69, 9.17) is 4.74 Å². The minimum atomic E-state index is 0.236. The van der Waals surface area contributed by atoms with Crippen molar-refractivity contribution in [2.24, 2.45) is 17.8 Å². The summed E-state index contributed by atoms with van der Waals surface area (Å²) in [6.45, 7) is 1.55. The van der Waals surface area contributed by atoms with E-state index < -0.39 is 0 Å². The van der Waals surface area contributed by atoms with Crippen LogP contribution in [0.15, 0.2) is 28.7 Å². The Labute approximate surface area is 96.8 Å². The summed E-state index contributed by atoms with van der Waals surface area (Å²) in [5.41, 5.74) is 0.831. The number of fused-ring (bicyclic) bond motifs is 1. The zero-order chi connectivity index (χ0) is 10.4. The summed E-state index contributed by atoms with van der Waals surface area (Å²) >= 11 is 3.36. The van der Waals surface area contributed by atoms with Gasteiger partial charge in [0.1, 0.15) is 0 Å². The number of ketones is 1. The van der Waals surface area contributed by atoms with Crippen molar-refractivity contribution >= 4 is 21.7 Å². The summed E-state index contributed by atoms with van der Waals surface area (Å²) in [4.78, 5) is 12.1. The lowest BCUT2D eigenvalue weighted by Crippen LogP contribution is -2.09. The molecule has 2 nitrogen and oxygen atoms in total. The Balaban J connectivity index is 1.78. The van der Waals surface area contributed by atoms with Gasteiger partial charge in [0.2, 0.25) is 0 Å². The highest BCUT2D eigenvalue weighted by Crippen LogP contribution is 2.52. The molecule has 0 amide bonds. The fourth-order valence-electron chi connectivity index (χ4n) is 2.44. The van der Waals surface area contributed by atoms with Crippen molar-refractivity contribution in [1.29, 1.82) is 0 Å². The number of halogens is 1. The molecule has 2 fully saturated rings. The Bertz CT molecular complexity index is 389. The average Bonchev–Trinajstić information content (AvgIpc) is 2.72. The first-order chi connectivity index (χ1) is 7.27. The largest absolute Gasteiger partial charge is 0.381 e. The zero-order valence-electron chi connectivity index (χ0n) is 8.15. The molecule has 0 N–H and O–H groups in total. The molecule has 0 aromatic heterocycles. The van der Waals surface area contributed by atoms with Crippen molar-refractivity contribution < 1.29 is 9.53 Å². The van der Waals surface area contributed by atoms with Crippen molar-refractivity contribution in [3.8, 4) is 0 Å². The highest BCUT2D eigenvalue weighted by Gasteiger charge is 2.57. The van der Waals surface area contributed by atoms with Crippen LogP contribution in [0.2, 0.25) is 0 Å². The SMILES string of the molecule is O=C(c1ccc(Br)cc1)C1C2COCC21. The Hall–Kier alpha value is -0.670. The molecule has 1 aliphatic carbocycles. The third kappa shape index (κ3) is 1.54. The number of hydrogen-bond acceptors (Lipinski definition) is 2. The molecule has 0 spiro atoms. The lowest BCUT2D eigenvalue weighted by atomic mass is 10.1. The number of carbonyl (C=O) groups excluding carboxylic acids is 1. The molecule has 1 aromatic carbocycles. The Morgan fingerprint density at radius 3 is 2.40 bits per heavy atom. The first-order valence-electron chi connectivity index (χ1n) is 5.15. The minimum Gasteiger partial charge on any atom is -0.381 e. The van der Waals surface area contributed by atoms with Crippen LogP contribution < -0.4 is 0 Å². The van der Waals surface area contributed by atoms with Gasteiger partial charge in [-0.1, -0.05) is 28.1 Å². The third-order valence-electron chi connectivity index (χ3n) is 3.38. The van der Waals surface area contributed by atoms with Gasteiger partial charge in [-0.3, -0.25) is 4.79 Å². The summed E-state index contributed by atoms with van der Waals surface area (Å²) in [5.74, 6) is 1.53. The molecule has 0 radical (unpaired) electrons. The Morgan fingerprint density at radius 1 is 1.20 bits per heavy atom. The van der Waals surface area contributed by atoms with Crippen LogP contribution in [0, 0.1) is 17.8 Å². The second-order valence-corrected chi connectivity index (χ2v) is 5.18. The predicted octanol–water partition coefficient (Wildman–Crippen LogP) is 2.52. The summed E-state index contributed by atoms with van der Waals surface area (Å²) < 4.78 is 6.29. The molecule has 2 atom stereocenters. The van der Waals surface area contributed by atoms with Gasteiger partial charge in [-0.05, 0) is 24.0 Å². The molecule has 15 heavy (non-hydrogen) atoms. The first-order valence-corrected chi connectivity index (χ1v) is 5.94. The fourth-order valence-corrected chi connectivity index (χ4v) is 2.70. The number of Topliss-reactive ketones (excluding diaryl/α,β-unsaturated/α-hetero) is 1. The van der Waals surface area contributed by atoms with Crippen molar-refractivity contribution in [2.75, 3.05) is 13.2 Å². The van der Waals surface area contributed by atoms with Crippen LogP contribution in [-0.4, -0.2) is 19.0 Å². The molecule has 2 aliphatic rings. The standard InChI is InChI=1S/C12H11BrO2/c13-8-3-1-7(2-4-8)12(14)11-9-5-15-6-10(9)11/h1-4,9-11H,5-6H2. The maximum absolute atomic E-state index is 12.1. The quantitative estimate of drug-likeness (QED) is 0.770. The molecule has 1 aromatic rings. The van der Waals surface area contributed by atoms with E-state index in [2.05, 4.69) is 15.9 Å². The smallest absolute Gasteiger partial charge is 0.166 e. The number of carbonyl (C=O) groups is 1. The van der Waals surface area contributed by atoms with Crippen LogP contribution in [0.4, 0.5) is 0 Å². The molecular weight excluding hydrogens is 256 g/mol. The highest BCUT2D eigenvalue weighted by atomic mass is 79.9. The van der Waals surface area contributed by atoms with Gasteiger partial charge >= 0.3 is 0 Å². The molecule has 3 rings (SSSR count). The zero-order valence-corrected chi connectivity index (χ0v) is 9.74. The van der Waals surface area contributed by atoms with Gasteiger partial charge in [0.15, 0.2) is 5.78 Å². The second-order valence-electron chi connectivity index (χ2n) is 4.26. The minimum absolute atomic E-state index is 0.236. The molecule has 3 heteroatoms. The first kappa shape index (κ1) is 9.55. The lowest BCUT2D eigenvalue weighted by molar-refractivity contribution is 0.0893. The molecule has 1 aliphatic heterocycles. The maximum Gasteiger partial charge on any atom is 0.166 e. The van der Waals surface area contributed by atoms with Crippen molar-refractivity contribution in [2.45, 2.75) is 0 Å². The van der Waals surface area contributed by atoms with E-state index in [1.165, 1.54) is 0 Å². The Kier molecular flexibility index (Phi) is 2.18. The normalized spacial score (nSPS) is 32.5. The van der Waals surface area contributed by atoms with Crippen molar-refractivity contribution in [1.82, 2.24) is 0 Å². The fraction of sp³-hybridized carbons (Fsp3) is 0.417. The number of benzene rings is 1. The third-order valence-corrected chi connectivity index (χ3v) is 3.91. The molecule has 0 bridgehead atoms. The predicted molar refractivity (Wildman–Crippen MR) is 59.8 cm³/mol. The van der Waals surface area contributed by atoms with Gasteiger partial charge in [-0.2, -0.15) is 0 Å². The van der Waals surface area contributed by atoms with Gasteiger partial charge < -0.3 is 4.74 Å². The van der Waals surface area contributed by atoms with Crippen LogP contribution in [0.3, 0.4) is 0 Å². The van der Waals surface area contributed by atoms with E-state index in [-0.39, 0.29) is 5.92 Å². The van der Waals surface area contributed by atoms with Crippen LogP contribution >= 0.6 is 15.9 Å². The van der Waals surface area contributed by atoms with Crippen molar-refractivity contribution in [3.63, 3.8) is 0 Å². The summed E-state index contributed by atoms with van der Waals surface area (Å²) in [6.07, 6.45) is 0.